The Hall–Kier alpha value is -3.20. The summed E-state index contributed by atoms with van der Waals surface area (Å²) in [7, 11) is 3.15. The third-order valence-electron chi connectivity index (χ3n) is 4.24. The minimum atomic E-state index is -0.135. The lowest BCUT2D eigenvalue weighted by molar-refractivity contribution is -0.118. The topological polar surface area (TPSA) is 104 Å². The van der Waals surface area contributed by atoms with Crippen LogP contribution in [0, 0.1) is 6.92 Å². The van der Waals surface area contributed by atoms with Crippen LogP contribution in [-0.2, 0) is 11.3 Å². The van der Waals surface area contributed by atoms with Crippen molar-refractivity contribution in [2.45, 2.75) is 18.6 Å². The molecule has 1 heterocycles. The molecule has 3 aromatic rings. The fraction of sp³-hybridized carbons (Fsp3) is 0.250. The monoisotopic (exact) mass is 413 g/mol. The Labute approximate surface area is 173 Å². The molecule has 3 N–H and O–H groups in total. The summed E-state index contributed by atoms with van der Waals surface area (Å²) >= 11 is 1.23. The van der Waals surface area contributed by atoms with E-state index in [9.17, 15) is 4.79 Å². The van der Waals surface area contributed by atoms with Crippen molar-refractivity contribution in [1.82, 2.24) is 20.2 Å². The number of nitrogens with zero attached hydrogens (tertiary/aromatic N) is 3. The highest BCUT2D eigenvalue weighted by molar-refractivity contribution is 7.99. The third kappa shape index (κ3) is 5.00. The molecule has 29 heavy (non-hydrogen) atoms. The third-order valence-corrected chi connectivity index (χ3v) is 5.19. The molecule has 1 aromatic heterocycles. The van der Waals surface area contributed by atoms with E-state index in [1.54, 1.807) is 20.3 Å². The molecule has 2 aromatic carbocycles. The van der Waals surface area contributed by atoms with Gasteiger partial charge in [0, 0.05) is 12.1 Å². The van der Waals surface area contributed by atoms with E-state index < -0.39 is 0 Å². The Balaban J connectivity index is 1.55. The van der Waals surface area contributed by atoms with Crippen LogP contribution in [0.2, 0.25) is 0 Å². The first-order valence-electron chi connectivity index (χ1n) is 8.89. The average Bonchev–Trinajstić information content (AvgIpc) is 3.11. The number of nitrogens with two attached hydrogens (primary N) is 1. The number of thioether (sulfide) groups is 1. The number of nitrogen functional groups attached to an aromatic ring is 1. The lowest BCUT2D eigenvalue weighted by atomic mass is 10.1. The number of methoxy groups -OCH3 is 2. The second-order valence-electron chi connectivity index (χ2n) is 6.30. The maximum Gasteiger partial charge on any atom is 0.230 e. The fourth-order valence-electron chi connectivity index (χ4n) is 2.65. The molecular formula is C20H23N5O3S. The van der Waals surface area contributed by atoms with Crippen molar-refractivity contribution in [3.05, 3.63) is 53.6 Å². The summed E-state index contributed by atoms with van der Waals surface area (Å²) in [6.07, 6.45) is 0. The number of hydrogen-bond acceptors (Lipinski definition) is 7. The lowest BCUT2D eigenvalue weighted by Gasteiger charge is -2.10. The maximum absolute atomic E-state index is 12.2. The standard InChI is InChI=1S/C20H23N5O3S/c1-13-4-7-15(8-5-13)19-23-24-20(25(19)21)29-12-18(26)22-11-14-6-9-16(27-2)17(10-14)28-3/h4-10H,11-12,21H2,1-3H3,(H,22,26). The summed E-state index contributed by atoms with van der Waals surface area (Å²) in [6, 6.07) is 13.4. The van der Waals surface area contributed by atoms with Crippen LogP contribution < -0.4 is 20.6 Å². The van der Waals surface area contributed by atoms with Gasteiger partial charge in [-0.15, -0.1) is 10.2 Å². The number of aromatic nitrogens is 3. The number of carbonyl (C=O) groups is 1. The van der Waals surface area contributed by atoms with Gasteiger partial charge in [-0.05, 0) is 24.6 Å². The molecule has 0 saturated heterocycles. The van der Waals surface area contributed by atoms with E-state index >= 15 is 0 Å². The van der Waals surface area contributed by atoms with Crippen LogP contribution in [0.25, 0.3) is 11.4 Å². The Kier molecular flexibility index (Phi) is 6.61. The van der Waals surface area contributed by atoms with Crippen LogP contribution in [0.15, 0.2) is 47.6 Å². The second kappa shape index (κ2) is 9.33. The molecule has 0 unspecified atom stereocenters. The van der Waals surface area contributed by atoms with Gasteiger partial charge >= 0.3 is 0 Å². The average molecular weight is 414 g/mol. The quantitative estimate of drug-likeness (QED) is 0.432. The highest BCUT2D eigenvalue weighted by Gasteiger charge is 2.14. The summed E-state index contributed by atoms with van der Waals surface area (Å²) < 4.78 is 11.9. The van der Waals surface area contributed by atoms with E-state index in [0.717, 1.165) is 16.7 Å². The fourth-order valence-corrected chi connectivity index (χ4v) is 3.33. The highest BCUT2D eigenvalue weighted by Crippen LogP contribution is 2.27. The van der Waals surface area contributed by atoms with Crippen LogP contribution in [0.1, 0.15) is 11.1 Å². The molecule has 9 heteroatoms. The van der Waals surface area contributed by atoms with Crippen molar-refractivity contribution in [2.75, 3.05) is 25.8 Å². The summed E-state index contributed by atoms with van der Waals surface area (Å²) in [4.78, 5) is 12.2. The normalized spacial score (nSPS) is 10.6. The van der Waals surface area contributed by atoms with Gasteiger partial charge in [0.15, 0.2) is 17.3 Å². The van der Waals surface area contributed by atoms with Crippen molar-refractivity contribution < 1.29 is 14.3 Å². The number of rotatable bonds is 8. The maximum atomic E-state index is 12.2. The number of carbonyl (C=O) groups excluding carboxylic acids is 1. The van der Waals surface area contributed by atoms with E-state index in [1.807, 2.05) is 43.3 Å². The molecule has 8 nitrogen and oxygen atoms in total. The highest BCUT2D eigenvalue weighted by atomic mass is 32.2. The first kappa shape index (κ1) is 20.5. The minimum absolute atomic E-state index is 0.135. The van der Waals surface area contributed by atoms with Gasteiger partial charge in [-0.2, -0.15) is 0 Å². The van der Waals surface area contributed by atoms with Crippen molar-refractivity contribution in [3.63, 3.8) is 0 Å². The molecule has 3 rings (SSSR count). The Bertz CT molecular complexity index is 988. The van der Waals surface area contributed by atoms with Gasteiger partial charge in [0.2, 0.25) is 11.1 Å². The summed E-state index contributed by atoms with van der Waals surface area (Å²) in [5.74, 6) is 7.96. The van der Waals surface area contributed by atoms with Crippen LogP contribution in [0.4, 0.5) is 0 Å². The van der Waals surface area contributed by atoms with E-state index in [1.165, 1.54) is 16.4 Å². The van der Waals surface area contributed by atoms with Gasteiger partial charge in [0.1, 0.15) is 0 Å². The lowest BCUT2D eigenvalue weighted by Crippen LogP contribution is -2.25. The number of nitrogens with one attached hydrogen (secondary N) is 1. The predicted molar refractivity (Wildman–Crippen MR) is 112 cm³/mol. The van der Waals surface area contributed by atoms with Crippen molar-refractivity contribution in [2.24, 2.45) is 0 Å². The smallest absolute Gasteiger partial charge is 0.230 e. The Morgan fingerprint density at radius 2 is 1.83 bits per heavy atom. The number of benzene rings is 2. The second-order valence-corrected chi connectivity index (χ2v) is 7.24. The molecule has 0 radical (unpaired) electrons. The summed E-state index contributed by atoms with van der Waals surface area (Å²) in [5, 5.41) is 11.6. The molecule has 1 amide bonds. The van der Waals surface area contributed by atoms with Crippen molar-refractivity contribution in [3.8, 4) is 22.9 Å². The molecule has 0 aliphatic rings. The molecule has 0 spiro atoms. The van der Waals surface area contributed by atoms with Gasteiger partial charge < -0.3 is 20.6 Å². The van der Waals surface area contributed by atoms with Crippen LogP contribution in [0.3, 0.4) is 0 Å². The Morgan fingerprint density at radius 1 is 1.10 bits per heavy atom. The van der Waals surface area contributed by atoms with Gasteiger partial charge in [0.05, 0.1) is 20.0 Å². The molecule has 152 valence electrons. The molecular weight excluding hydrogens is 390 g/mol. The first-order valence-corrected chi connectivity index (χ1v) is 9.88. The van der Waals surface area contributed by atoms with Gasteiger partial charge in [0.25, 0.3) is 0 Å². The van der Waals surface area contributed by atoms with E-state index in [0.29, 0.717) is 29.0 Å². The molecule has 0 saturated carbocycles. The minimum Gasteiger partial charge on any atom is -0.493 e. The molecule has 0 atom stereocenters. The van der Waals surface area contributed by atoms with E-state index in [4.69, 9.17) is 15.3 Å². The number of aryl methyl sites for hydroxylation is 1. The van der Waals surface area contributed by atoms with Gasteiger partial charge in [-0.1, -0.05) is 47.7 Å². The molecule has 0 aliphatic heterocycles. The Morgan fingerprint density at radius 3 is 2.52 bits per heavy atom. The largest absolute Gasteiger partial charge is 0.493 e. The van der Waals surface area contributed by atoms with Crippen LogP contribution >= 0.6 is 11.8 Å². The van der Waals surface area contributed by atoms with Crippen LogP contribution in [0.5, 0.6) is 11.5 Å². The summed E-state index contributed by atoms with van der Waals surface area (Å²) in [5.41, 5.74) is 2.93. The molecule has 0 bridgehead atoms. The zero-order valence-corrected chi connectivity index (χ0v) is 17.3. The first-order chi connectivity index (χ1) is 14.0. The zero-order valence-electron chi connectivity index (χ0n) is 16.5. The van der Waals surface area contributed by atoms with E-state index in [2.05, 4.69) is 15.5 Å². The SMILES string of the molecule is COc1ccc(CNC(=O)CSc2nnc(-c3ccc(C)cc3)n2N)cc1OC. The number of hydrogen-bond donors (Lipinski definition) is 2. The predicted octanol–water partition coefficient (Wildman–Crippen LogP) is 2.39. The summed E-state index contributed by atoms with van der Waals surface area (Å²) in [6.45, 7) is 2.39. The van der Waals surface area contributed by atoms with E-state index in [-0.39, 0.29) is 11.7 Å². The molecule has 0 aliphatic carbocycles. The number of ether oxygens (including phenoxy) is 2. The number of amides is 1. The van der Waals surface area contributed by atoms with Gasteiger partial charge in [-0.25, -0.2) is 4.68 Å². The van der Waals surface area contributed by atoms with Crippen molar-refractivity contribution >= 4 is 17.7 Å². The van der Waals surface area contributed by atoms with Crippen molar-refractivity contribution in [1.29, 1.82) is 0 Å². The van der Waals surface area contributed by atoms with Crippen LogP contribution in [-0.4, -0.2) is 40.8 Å². The zero-order chi connectivity index (χ0) is 20.8. The van der Waals surface area contributed by atoms with Gasteiger partial charge in [-0.3, -0.25) is 4.79 Å². The molecule has 0 fully saturated rings.